The van der Waals surface area contributed by atoms with Crippen LogP contribution in [0, 0.1) is 5.92 Å². The first-order valence-electron chi connectivity index (χ1n) is 6.28. The van der Waals surface area contributed by atoms with Gasteiger partial charge in [0.1, 0.15) is 11.7 Å². The van der Waals surface area contributed by atoms with Gasteiger partial charge in [-0.2, -0.15) is 0 Å². The van der Waals surface area contributed by atoms with Crippen LogP contribution in [0.3, 0.4) is 0 Å². The Labute approximate surface area is 111 Å². The van der Waals surface area contributed by atoms with Crippen molar-refractivity contribution in [2.75, 3.05) is 6.61 Å². The van der Waals surface area contributed by atoms with Crippen LogP contribution in [-0.4, -0.2) is 23.5 Å². The molecule has 0 saturated heterocycles. The lowest BCUT2D eigenvalue weighted by atomic mass is 9.77. The number of ether oxygens (including phenoxy) is 1. The minimum absolute atomic E-state index is 0.174. The maximum absolute atomic E-state index is 12.0. The lowest BCUT2D eigenvalue weighted by Crippen LogP contribution is -2.31. The number of carbonyl (C=O) groups excluding carboxylic acids is 2. The summed E-state index contributed by atoms with van der Waals surface area (Å²) in [5.41, 5.74) is 0.855. The second-order valence-electron chi connectivity index (χ2n) is 4.49. The average molecular weight is 260 g/mol. The summed E-state index contributed by atoms with van der Waals surface area (Å²) in [6.07, 6.45) is 1.33. The van der Waals surface area contributed by atoms with E-state index in [0.29, 0.717) is 0 Å². The summed E-state index contributed by atoms with van der Waals surface area (Å²) in [7, 11) is 0. The van der Waals surface area contributed by atoms with Crippen LogP contribution in [0.15, 0.2) is 42.2 Å². The normalized spacial score (nSPS) is 22.8. The van der Waals surface area contributed by atoms with Crippen molar-refractivity contribution < 1.29 is 19.4 Å². The molecule has 0 radical (unpaired) electrons. The van der Waals surface area contributed by atoms with E-state index in [4.69, 9.17) is 4.74 Å². The molecule has 2 rings (SSSR count). The van der Waals surface area contributed by atoms with Gasteiger partial charge in [0.2, 0.25) is 0 Å². The van der Waals surface area contributed by atoms with Gasteiger partial charge in [0.05, 0.1) is 6.61 Å². The number of aliphatic hydroxyl groups excluding tert-OH is 1. The van der Waals surface area contributed by atoms with E-state index < -0.39 is 11.9 Å². The first-order chi connectivity index (χ1) is 9.13. The molecule has 4 heteroatoms. The second-order valence-corrected chi connectivity index (χ2v) is 4.49. The van der Waals surface area contributed by atoms with Crippen molar-refractivity contribution in [1.29, 1.82) is 0 Å². The molecule has 1 aromatic rings. The Morgan fingerprint density at radius 3 is 2.68 bits per heavy atom. The fourth-order valence-corrected chi connectivity index (χ4v) is 2.38. The van der Waals surface area contributed by atoms with Crippen LogP contribution < -0.4 is 0 Å². The Morgan fingerprint density at radius 1 is 1.37 bits per heavy atom. The van der Waals surface area contributed by atoms with Crippen molar-refractivity contribution in [2.45, 2.75) is 19.3 Å². The zero-order valence-electron chi connectivity index (χ0n) is 10.7. The number of ketones is 1. The lowest BCUT2D eigenvalue weighted by Gasteiger charge is -2.27. The van der Waals surface area contributed by atoms with Gasteiger partial charge >= 0.3 is 5.97 Å². The van der Waals surface area contributed by atoms with Crippen molar-refractivity contribution in [3.63, 3.8) is 0 Å². The van der Waals surface area contributed by atoms with Crippen LogP contribution in [0.5, 0.6) is 0 Å². The number of aliphatic hydroxyl groups is 1. The molecule has 0 spiro atoms. The molecular weight excluding hydrogens is 244 g/mol. The van der Waals surface area contributed by atoms with Crippen molar-refractivity contribution in [1.82, 2.24) is 0 Å². The van der Waals surface area contributed by atoms with Gasteiger partial charge < -0.3 is 9.84 Å². The van der Waals surface area contributed by atoms with E-state index in [1.54, 1.807) is 6.92 Å². The molecule has 100 valence electrons. The molecule has 1 N–H and O–H groups in total. The van der Waals surface area contributed by atoms with Gasteiger partial charge in [-0.05, 0) is 12.5 Å². The molecule has 0 bridgehead atoms. The Bertz CT molecular complexity index is 504. The Balaban J connectivity index is 2.36. The summed E-state index contributed by atoms with van der Waals surface area (Å²) < 4.78 is 4.99. The quantitative estimate of drug-likeness (QED) is 0.847. The number of rotatable bonds is 3. The summed E-state index contributed by atoms with van der Waals surface area (Å²) in [4.78, 5) is 23.6. The van der Waals surface area contributed by atoms with E-state index >= 15 is 0 Å². The summed E-state index contributed by atoms with van der Waals surface area (Å²) in [5.74, 6) is -2.02. The monoisotopic (exact) mass is 260 g/mol. The van der Waals surface area contributed by atoms with Gasteiger partial charge in [-0.15, -0.1) is 0 Å². The van der Waals surface area contributed by atoms with Crippen LogP contribution in [-0.2, 0) is 14.3 Å². The molecule has 1 aliphatic rings. The second kappa shape index (κ2) is 5.69. The molecular formula is C15H16O4. The predicted molar refractivity (Wildman–Crippen MR) is 69.6 cm³/mol. The summed E-state index contributed by atoms with van der Waals surface area (Å²) in [6, 6.07) is 9.25. The van der Waals surface area contributed by atoms with Crippen molar-refractivity contribution in [2.24, 2.45) is 5.92 Å². The van der Waals surface area contributed by atoms with E-state index in [-0.39, 0.29) is 30.5 Å². The maximum Gasteiger partial charge on any atom is 0.317 e. The van der Waals surface area contributed by atoms with Gasteiger partial charge in [0, 0.05) is 18.4 Å². The van der Waals surface area contributed by atoms with Crippen molar-refractivity contribution in [3.05, 3.63) is 47.7 Å². The van der Waals surface area contributed by atoms with Gasteiger partial charge in [-0.1, -0.05) is 30.3 Å². The van der Waals surface area contributed by atoms with Gasteiger partial charge in [0.25, 0.3) is 0 Å². The number of allylic oxidation sites excluding steroid dienone is 1. The number of hydrogen-bond acceptors (Lipinski definition) is 4. The molecule has 0 unspecified atom stereocenters. The van der Waals surface area contributed by atoms with E-state index in [9.17, 15) is 14.7 Å². The molecule has 2 atom stereocenters. The highest BCUT2D eigenvalue weighted by molar-refractivity contribution is 5.94. The highest BCUT2D eigenvalue weighted by Crippen LogP contribution is 2.36. The average Bonchev–Trinajstić information content (AvgIpc) is 2.39. The Morgan fingerprint density at radius 2 is 2.05 bits per heavy atom. The SMILES string of the molecule is CCOC(=O)[C@H]1C(O)=CC(=O)C[C@@H]1c1ccccc1. The van der Waals surface area contributed by atoms with Crippen LogP contribution in [0.25, 0.3) is 0 Å². The molecule has 0 saturated carbocycles. The standard InChI is InChI=1S/C15H16O4/c1-2-19-15(18)14-12(8-11(16)9-13(14)17)10-6-4-3-5-7-10/h3-7,9,12,14,17H,2,8H2,1H3/t12-,14-/m1/s1. The molecule has 0 heterocycles. The minimum atomic E-state index is -0.792. The predicted octanol–water partition coefficient (Wildman–Crippen LogP) is 2.36. The summed E-state index contributed by atoms with van der Waals surface area (Å²) in [6.45, 7) is 1.96. The molecule has 0 fully saturated rings. The number of benzene rings is 1. The highest BCUT2D eigenvalue weighted by Gasteiger charge is 2.38. The van der Waals surface area contributed by atoms with Crippen molar-refractivity contribution >= 4 is 11.8 Å². The third-order valence-electron chi connectivity index (χ3n) is 3.22. The molecule has 0 aromatic heterocycles. The fraction of sp³-hybridized carbons (Fsp3) is 0.333. The largest absolute Gasteiger partial charge is 0.511 e. The van der Waals surface area contributed by atoms with Gasteiger partial charge in [0.15, 0.2) is 5.78 Å². The van der Waals surface area contributed by atoms with E-state index in [1.165, 1.54) is 0 Å². The zero-order chi connectivity index (χ0) is 13.8. The zero-order valence-corrected chi connectivity index (χ0v) is 10.7. The third-order valence-corrected chi connectivity index (χ3v) is 3.22. The first-order valence-corrected chi connectivity index (χ1v) is 6.28. The molecule has 0 aliphatic heterocycles. The number of esters is 1. The van der Waals surface area contributed by atoms with Crippen LogP contribution in [0.1, 0.15) is 24.8 Å². The van der Waals surface area contributed by atoms with E-state index in [1.807, 2.05) is 30.3 Å². The molecule has 1 aliphatic carbocycles. The highest BCUT2D eigenvalue weighted by atomic mass is 16.5. The van der Waals surface area contributed by atoms with Crippen molar-refractivity contribution in [3.8, 4) is 0 Å². The lowest BCUT2D eigenvalue weighted by molar-refractivity contribution is -0.148. The van der Waals surface area contributed by atoms with Crippen LogP contribution >= 0.6 is 0 Å². The summed E-state index contributed by atoms with van der Waals surface area (Å²) in [5, 5.41) is 9.91. The number of carbonyl (C=O) groups is 2. The molecule has 19 heavy (non-hydrogen) atoms. The van der Waals surface area contributed by atoms with Crippen LogP contribution in [0.4, 0.5) is 0 Å². The minimum Gasteiger partial charge on any atom is -0.511 e. The van der Waals surface area contributed by atoms with E-state index in [2.05, 4.69) is 0 Å². The van der Waals surface area contributed by atoms with Gasteiger partial charge in [-0.25, -0.2) is 0 Å². The topological polar surface area (TPSA) is 63.6 Å². The third kappa shape index (κ3) is 2.84. The number of hydrogen-bond donors (Lipinski definition) is 1. The molecule has 4 nitrogen and oxygen atoms in total. The molecule has 1 aromatic carbocycles. The summed E-state index contributed by atoms with van der Waals surface area (Å²) >= 11 is 0. The smallest absolute Gasteiger partial charge is 0.317 e. The van der Waals surface area contributed by atoms with Crippen LogP contribution in [0.2, 0.25) is 0 Å². The Hall–Kier alpha value is -2.10. The fourth-order valence-electron chi connectivity index (χ4n) is 2.38. The maximum atomic E-state index is 12.0. The Kier molecular flexibility index (Phi) is 4.00. The van der Waals surface area contributed by atoms with E-state index in [0.717, 1.165) is 11.6 Å². The molecule has 0 amide bonds. The first kappa shape index (κ1) is 13.3. The van der Waals surface area contributed by atoms with Gasteiger partial charge in [-0.3, -0.25) is 9.59 Å².